The van der Waals surface area contributed by atoms with E-state index in [1.54, 1.807) is 22.9 Å². The highest BCUT2D eigenvalue weighted by molar-refractivity contribution is 5.96. The van der Waals surface area contributed by atoms with Gasteiger partial charge >= 0.3 is 5.97 Å². The van der Waals surface area contributed by atoms with E-state index >= 15 is 0 Å². The number of benzene rings is 1. The fraction of sp³-hybridized carbons (Fsp3) is 0.353. The van der Waals surface area contributed by atoms with Gasteiger partial charge in [0, 0.05) is 18.8 Å². The Hall–Kier alpha value is -2.83. The predicted molar refractivity (Wildman–Crippen MR) is 88.1 cm³/mol. The summed E-state index contributed by atoms with van der Waals surface area (Å²) in [4.78, 5) is 22.9. The number of carboxylic acids is 1. The molecule has 0 aliphatic heterocycles. The Labute approximate surface area is 140 Å². The van der Waals surface area contributed by atoms with Gasteiger partial charge in [-0.25, -0.2) is 4.79 Å². The molecule has 2 rings (SSSR count). The Balaban J connectivity index is 2.03. The standard InChI is InChI=1S/C17H21N3O4/c1-4-20-12(3)16(11(2)19-20)17(23)18-9-13-6-5-7-14(8-13)24-10-15(21)22/h5-8H,4,9-10H2,1-3H3,(H,18,23)(H,21,22). The number of ether oxygens (including phenoxy) is 1. The van der Waals surface area contributed by atoms with Crippen LogP contribution in [0.1, 0.15) is 34.2 Å². The lowest BCUT2D eigenvalue weighted by Gasteiger charge is -2.08. The molecule has 0 saturated heterocycles. The van der Waals surface area contributed by atoms with E-state index < -0.39 is 12.6 Å². The van der Waals surface area contributed by atoms with E-state index in [4.69, 9.17) is 9.84 Å². The quantitative estimate of drug-likeness (QED) is 0.808. The molecule has 7 nitrogen and oxygen atoms in total. The van der Waals surface area contributed by atoms with E-state index in [2.05, 4.69) is 10.4 Å². The Morgan fingerprint density at radius 1 is 1.33 bits per heavy atom. The topological polar surface area (TPSA) is 93.5 Å². The fourth-order valence-electron chi connectivity index (χ4n) is 2.49. The molecule has 1 aromatic heterocycles. The van der Waals surface area contributed by atoms with Gasteiger partial charge in [-0.3, -0.25) is 9.48 Å². The van der Waals surface area contributed by atoms with Crippen molar-refractivity contribution in [3.8, 4) is 5.75 Å². The molecule has 0 saturated carbocycles. The van der Waals surface area contributed by atoms with Crippen LogP contribution in [0, 0.1) is 13.8 Å². The molecule has 24 heavy (non-hydrogen) atoms. The molecule has 0 radical (unpaired) electrons. The molecule has 2 aromatic rings. The van der Waals surface area contributed by atoms with Crippen LogP contribution in [0.15, 0.2) is 24.3 Å². The van der Waals surface area contributed by atoms with Crippen LogP contribution in [0.3, 0.4) is 0 Å². The summed E-state index contributed by atoms with van der Waals surface area (Å²) < 4.78 is 6.93. The molecule has 0 spiro atoms. The zero-order chi connectivity index (χ0) is 17.7. The second-order valence-corrected chi connectivity index (χ2v) is 5.37. The summed E-state index contributed by atoms with van der Waals surface area (Å²) in [5, 5.41) is 15.8. The maximum Gasteiger partial charge on any atom is 0.341 e. The lowest BCUT2D eigenvalue weighted by atomic mass is 10.1. The number of nitrogens with one attached hydrogen (secondary N) is 1. The van der Waals surface area contributed by atoms with Gasteiger partial charge in [-0.15, -0.1) is 0 Å². The minimum absolute atomic E-state index is 0.179. The average molecular weight is 331 g/mol. The Kier molecular flexibility index (Phi) is 5.57. The van der Waals surface area contributed by atoms with Crippen LogP contribution in [0.4, 0.5) is 0 Å². The molecule has 0 aliphatic carbocycles. The lowest BCUT2D eigenvalue weighted by molar-refractivity contribution is -0.139. The molecule has 1 amide bonds. The van der Waals surface area contributed by atoms with E-state index in [1.165, 1.54) is 0 Å². The SMILES string of the molecule is CCn1nc(C)c(C(=O)NCc2cccc(OCC(=O)O)c2)c1C. The average Bonchev–Trinajstić information content (AvgIpc) is 2.85. The molecule has 0 aliphatic rings. The van der Waals surface area contributed by atoms with Gasteiger partial charge in [-0.2, -0.15) is 5.10 Å². The van der Waals surface area contributed by atoms with E-state index in [0.29, 0.717) is 30.1 Å². The number of hydrogen-bond acceptors (Lipinski definition) is 4. The van der Waals surface area contributed by atoms with E-state index in [9.17, 15) is 9.59 Å². The molecule has 128 valence electrons. The van der Waals surface area contributed by atoms with Crippen LogP contribution in [-0.2, 0) is 17.9 Å². The van der Waals surface area contributed by atoms with Gasteiger partial charge in [0.15, 0.2) is 6.61 Å². The van der Waals surface area contributed by atoms with Crippen molar-refractivity contribution < 1.29 is 19.4 Å². The highest BCUT2D eigenvalue weighted by Crippen LogP contribution is 2.15. The van der Waals surface area contributed by atoms with Crippen LogP contribution >= 0.6 is 0 Å². The molecule has 0 unspecified atom stereocenters. The first-order valence-corrected chi connectivity index (χ1v) is 7.68. The second kappa shape index (κ2) is 7.63. The monoisotopic (exact) mass is 331 g/mol. The number of rotatable bonds is 7. The molecule has 7 heteroatoms. The third-order valence-electron chi connectivity index (χ3n) is 3.62. The number of hydrogen-bond donors (Lipinski definition) is 2. The zero-order valence-electron chi connectivity index (χ0n) is 14.0. The maximum absolute atomic E-state index is 12.4. The number of carboxylic acid groups (broad SMARTS) is 1. The van der Waals surface area contributed by atoms with Gasteiger partial charge in [0.05, 0.1) is 11.3 Å². The maximum atomic E-state index is 12.4. The van der Waals surface area contributed by atoms with Gasteiger partial charge < -0.3 is 15.2 Å². The summed E-state index contributed by atoms with van der Waals surface area (Å²) in [7, 11) is 0. The van der Waals surface area contributed by atoms with Crippen molar-refractivity contribution in [1.82, 2.24) is 15.1 Å². The summed E-state index contributed by atoms with van der Waals surface area (Å²) >= 11 is 0. The Bertz CT molecular complexity index is 752. The van der Waals surface area contributed by atoms with Gasteiger partial charge in [0.25, 0.3) is 5.91 Å². The number of aromatic nitrogens is 2. The number of aliphatic carboxylic acids is 1. The number of carbonyl (C=O) groups is 2. The molecule has 2 N–H and O–H groups in total. The van der Waals surface area contributed by atoms with Gasteiger partial charge in [-0.05, 0) is 38.5 Å². The van der Waals surface area contributed by atoms with Crippen molar-refractivity contribution in [3.63, 3.8) is 0 Å². The first-order chi connectivity index (χ1) is 11.4. The summed E-state index contributed by atoms with van der Waals surface area (Å²) in [5.41, 5.74) is 2.95. The first kappa shape index (κ1) is 17.5. The summed E-state index contributed by atoms with van der Waals surface area (Å²) in [6.07, 6.45) is 0. The summed E-state index contributed by atoms with van der Waals surface area (Å²) in [6.45, 7) is 6.30. The molecular weight excluding hydrogens is 310 g/mol. The smallest absolute Gasteiger partial charge is 0.341 e. The van der Waals surface area contributed by atoms with Gasteiger partial charge in [-0.1, -0.05) is 12.1 Å². The molecule has 0 bridgehead atoms. The van der Waals surface area contributed by atoms with Crippen molar-refractivity contribution in [2.75, 3.05) is 6.61 Å². The second-order valence-electron chi connectivity index (χ2n) is 5.37. The minimum Gasteiger partial charge on any atom is -0.482 e. The Morgan fingerprint density at radius 3 is 2.71 bits per heavy atom. The number of nitrogens with zero attached hydrogens (tertiary/aromatic N) is 2. The highest BCUT2D eigenvalue weighted by atomic mass is 16.5. The van der Waals surface area contributed by atoms with Crippen LogP contribution in [0.5, 0.6) is 5.75 Å². The fourth-order valence-corrected chi connectivity index (χ4v) is 2.49. The number of aryl methyl sites for hydroxylation is 2. The molecule has 1 heterocycles. The van der Waals surface area contributed by atoms with Crippen LogP contribution in [0.25, 0.3) is 0 Å². The van der Waals surface area contributed by atoms with Crippen molar-refractivity contribution in [1.29, 1.82) is 0 Å². The molecule has 0 atom stereocenters. The zero-order valence-corrected chi connectivity index (χ0v) is 14.0. The molecular formula is C17H21N3O4. The Morgan fingerprint density at radius 2 is 2.08 bits per heavy atom. The summed E-state index contributed by atoms with van der Waals surface area (Å²) in [6, 6.07) is 6.97. The van der Waals surface area contributed by atoms with E-state index in [0.717, 1.165) is 11.3 Å². The van der Waals surface area contributed by atoms with E-state index in [1.807, 2.05) is 26.8 Å². The number of amides is 1. The minimum atomic E-state index is -1.03. The lowest BCUT2D eigenvalue weighted by Crippen LogP contribution is -2.24. The van der Waals surface area contributed by atoms with Crippen molar-refractivity contribution in [2.45, 2.75) is 33.9 Å². The van der Waals surface area contributed by atoms with Crippen molar-refractivity contribution in [3.05, 3.63) is 46.8 Å². The van der Waals surface area contributed by atoms with Crippen molar-refractivity contribution in [2.24, 2.45) is 0 Å². The van der Waals surface area contributed by atoms with E-state index in [-0.39, 0.29) is 5.91 Å². The largest absolute Gasteiger partial charge is 0.482 e. The van der Waals surface area contributed by atoms with Crippen LogP contribution in [-0.4, -0.2) is 33.4 Å². The van der Waals surface area contributed by atoms with Crippen molar-refractivity contribution >= 4 is 11.9 Å². The third-order valence-corrected chi connectivity index (χ3v) is 3.62. The first-order valence-electron chi connectivity index (χ1n) is 7.68. The normalized spacial score (nSPS) is 10.5. The third kappa shape index (κ3) is 4.13. The number of carbonyl (C=O) groups excluding carboxylic acids is 1. The van der Waals surface area contributed by atoms with Gasteiger partial charge in [0.2, 0.25) is 0 Å². The van der Waals surface area contributed by atoms with Crippen LogP contribution in [0.2, 0.25) is 0 Å². The predicted octanol–water partition coefficient (Wildman–Crippen LogP) is 1.91. The highest BCUT2D eigenvalue weighted by Gasteiger charge is 2.17. The molecule has 0 fully saturated rings. The molecule has 1 aromatic carbocycles. The summed E-state index contributed by atoms with van der Waals surface area (Å²) in [5.74, 6) is -0.760. The van der Waals surface area contributed by atoms with Crippen LogP contribution < -0.4 is 10.1 Å². The van der Waals surface area contributed by atoms with Gasteiger partial charge in [0.1, 0.15) is 5.75 Å².